The van der Waals surface area contributed by atoms with Crippen LogP contribution in [0.15, 0.2) is 30.3 Å². The molecule has 1 atom stereocenters. The van der Waals surface area contributed by atoms with E-state index in [-0.39, 0.29) is 11.8 Å². The zero-order chi connectivity index (χ0) is 14.5. The number of carbonyl (C=O) groups excluding carboxylic acids is 1. The predicted molar refractivity (Wildman–Crippen MR) is 85.0 cm³/mol. The van der Waals surface area contributed by atoms with Crippen LogP contribution in [0.2, 0.25) is 0 Å². The Morgan fingerprint density at radius 3 is 2.43 bits per heavy atom. The number of benzene rings is 1. The van der Waals surface area contributed by atoms with Gasteiger partial charge in [-0.1, -0.05) is 43.2 Å². The molecule has 1 aromatic rings. The minimum absolute atomic E-state index is 0.264. The smallest absolute Gasteiger partial charge is 0.223 e. The third kappa shape index (κ3) is 3.65. The molecule has 21 heavy (non-hydrogen) atoms. The molecule has 3 nitrogen and oxygen atoms in total. The van der Waals surface area contributed by atoms with Gasteiger partial charge < -0.3 is 5.32 Å². The number of hydrogen-bond acceptors (Lipinski definition) is 2. The highest BCUT2D eigenvalue weighted by Crippen LogP contribution is 2.27. The lowest BCUT2D eigenvalue weighted by Gasteiger charge is -2.28. The maximum atomic E-state index is 12.3. The van der Waals surface area contributed by atoms with E-state index < -0.39 is 0 Å². The number of rotatable bonds is 5. The summed E-state index contributed by atoms with van der Waals surface area (Å²) >= 11 is 0. The molecule has 3 heteroatoms. The summed E-state index contributed by atoms with van der Waals surface area (Å²) in [5.41, 5.74) is 1.33. The van der Waals surface area contributed by atoms with Crippen molar-refractivity contribution in [3.8, 4) is 0 Å². The van der Waals surface area contributed by atoms with Gasteiger partial charge in [0.2, 0.25) is 5.91 Å². The molecule has 2 fully saturated rings. The Morgan fingerprint density at radius 2 is 1.76 bits per heavy atom. The van der Waals surface area contributed by atoms with Crippen molar-refractivity contribution >= 4 is 5.91 Å². The van der Waals surface area contributed by atoms with E-state index in [4.69, 9.17) is 0 Å². The minimum Gasteiger partial charge on any atom is -0.354 e. The number of amides is 1. The average molecular weight is 286 g/mol. The van der Waals surface area contributed by atoms with Crippen molar-refractivity contribution in [3.63, 3.8) is 0 Å². The van der Waals surface area contributed by atoms with Crippen LogP contribution in [0.5, 0.6) is 0 Å². The van der Waals surface area contributed by atoms with Crippen molar-refractivity contribution in [2.75, 3.05) is 19.6 Å². The van der Waals surface area contributed by atoms with Gasteiger partial charge in [-0.3, -0.25) is 9.69 Å². The lowest BCUT2D eigenvalue weighted by atomic mass is 10.0. The van der Waals surface area contributed by atoms with Crippen molar-refractivity contribution in [1.29, 1.82) is 0 Å². The quantitative estimate of drug-likeness (QED) is 0.902. The molecular weight excluding hydrogens is 260 g/mol. The van der Waals surface area contributed by atoms with E-state index in [2.05, 4.69) is 40.5 Å². The zero-order valence-electron chi connectivity index (χ0n) is 12.8. The third-order valence-electron chi connectivity index (χ3n) is 4.96. The number of likely N-dealkylation sites (tertiary alicyclic amines) is 1. The average Bonchev–Trinajstić information content (AvgIpc) is 3.22. The molecule has 1 aromatic carbocycles. The molecule has 0 spiro atoms. The Bertz CT molecular complexity index is 448. The Balaban J connectivity index is 1.63. The summed E-state index contributed by atoms with van der Waals surface area (Å²) in [6.07, 6.45) is 7.13. The highest BCUT2D eigenvalue weighted by molar-refractivity contribution is 5.78. The second-order valence-corrected chi connectivity index (χ2v) is 6.40. The van der Waals surface area contributed by atoms with E-state index in [1.54, 1.807) is 0 Å². The molecule has 1 N–H and O–H groups in total. The van der Waals surface area contributed by atoms with Gasteiger partial charge in [0.15, 0.2) is 0 Å². The molecule has 0 radical (unpaired) electrons. The van der Waals surface area contributed by atoms with Gasteiger partial charge in [0.1, 0.15) is 0 Å². The summed E-state index contributed by atoms with van der Waals surface area (Å²) < 4.78 is 0. The van der Waals surface area contributed by atoms with Crippen LogP contribution in [0.1, 0.15) is 50.1 Å². The second kappa shape index (κ2) is 7.08. The normalized spacial score (nSPS) is 21.5. The van der Waals surface area contributed by atoms with Crippen LogP contribution in [0, 0.1) is 5.92 Å². The topological polar surface area (TPSA) is 32.3 Å². The monoisotopic (exact) mass is 286 g/mol. The first kappa shape index (κ1) is 14.6. The summed E-state index contributed by atoms with van der Waals surface area (Å²) in [5.74, 6) is 0.535. The van der Waals surface area contributed by atoms with Gasteiger partial charge in [-0.2, -0.15) is 0 Å². The summed E-state index contributed by atoms with van der Waals surface area (Å²) in [6, 6.07) is 10.9. The largest absolute Gasteiger partial charge is 0.354 e. The van der Waals surface area contributed by atoms with Crippen LogP contribution < -0.4 is 5.32 Å². The van der Waals surface area contributed by atoms with E-state index in [9.17, 15) is 4.79 Å². The lowest BCUT2D eigenvalue weighted by Crippen LogP contribution is -2.38. The van der Waals surface area contributed by atoms with Crippen molar-refractivity contribution in [2.45, 2.75) is 44.6 Å². The Labute approximate surface area is 127 Å². The first-order valence-electron chi connectivity index (χ1n) is 8.41. The van der Waals surface area contributed by atoms with Gasteiger partial charge in [0.25, 0.3) is 0 Å². The van der Waals surface area contributed by atoms with Gasteiger partial charge >= 0.3 is 0 Å². The fourth-order valence-corrected chi connectivity index (χ4v) is 3.72. The summed E-state index contributed by atoms with van der Waals surface area (Å²) in [5, 5.41) is 3.22. The summed E-state index contributed by atoms with van der Waals surface area (Å²) in [6.45, 7) is 3.05. The molecule has 3 rings (SSSR count). The number of nitrogens with one attached hydrogen (secondary N) is 1. The maximum Gasteiger partial charge on any atom is 0.223 e. The van der Waals surface area contributed by atoms with Crippen molar-refractivity contribution in [3.05, 3.63) is 35.9 Å². The number of nitrogens with zero attached hydrogens (tertiary/aromatic N) is 1. The van der Waals surface area contributed by atoms with Gasteiger partial charge in [-0.05, 0) is 44.3 Å². The van der Waals surface area contributed by atoms with E-state index in [1.807, 2.05) is 0 Å². The molecular formula is C18H26N2O. The van der Waals surface area contributed by atoms with Crippen LogP contribution >= 0.6 is 0 Å². The SMILES string of the molecule is O=C(NCC(c1ccccc1)N1CCCC1)C1CCCC1. The van der Waals surface area contributed by atoms with Crippen LogP contribution in [-0.4, -0.2) is 30.4 Å². The molecule has 1 saturated carbocycles. The lowest BCUT2D eigenvalue weighted by molar-refractivity contribution is -0.125. The van der Waals surface area contributed by atoms with Crippen molar-refractivity contribution < 1.29 is 4.79 Å². The molecule has 114 valence electrons. The van der Waals surface area contributed by atoms with Crippen molar-refractivity contribution in [1.82, 2.24) is 10.2 Å². The summed E-state index contributed by atoms with van der Waals surface area (Å²) in [4.78, 5) is 14.8. The molecule has 1 unspecified atom stereocenters. The zero-order valence-corrected chi connectivity index (χ0v) is 12.8. The molecule has 1 heterocycles. The van der Waals surface area contributed by atoms with Crippen molar-refractivity contribution in [2.24, 2.45) is 5.92 Å². The van der Waals surface area contributed by atoms with E-state index >= 15 is 0 Å². The molecule has 0 aromatic heterocycles. The predicted octanol–water partition coefficient (Wildman–Crippen LogP) is 3.13. The van der Waals surface area contributed by atoms with Gasteiger partial charge in [0.05, 0.1) is 6.04 Å². The molecule has 1 aliphatic heterocycles. The molecule has 0 bridgehead atoms. The van der Waals surface area contributed by atoms with Crippen LogP contribution in [-0.2, 0) is 4.79 Å². The minimum atomic E-state index is 0.264. The van der Waals surface area contributed by atoms with Gasteiger partial charge in [-0.15, -0.1) is 0 Å². The first-order chi connectivity index (χ1) is 10.3. The highest BCUT2D eigenvalue weighted by Gasteiger charge is 2.26. The van der Waals surface area contributed by atoms with Crippen LogP contribution in [0.3, 0.4) is 0 Å². The fourth-order valence-electron chi connectivity index (χ4n) is 3.72. The van der Waals surface area contributed by atoms with E-state index in [0.29, 0.717) is 6.04 Å². The Hall–Kier alpha value is -1.35. The standard InChI is InChI=1S/C18H26N2O/c21-18(16-10-4-5-11-16)19-14-17(20-12-6-7-13-20)15-8-2-1-3-9-15/h1-3,8-9,16-17H,4-7,10-14H2,(H,19,21). The van der Waals surface area contributed by atoms with Crippen LogP contribution in [0.25, 0.3) is 0 Å². The number of carbonyl (C=O) groups is 1. The fraction of sp³-hybridized carbons (Fsp3) is 0.611. The molecule has 1 aliphatic carbocycles. The second-order valence-electron chi connectivity index (χ2n) is 6.40. The van der Waals surface area contributed by atoms with E-state index in [0.717, 1.165) is 32.5 Å². The maximum absolute atomic E-state index is 12.3. The Morgan fingerprint density at radius 1 is 1.10 bits per heavy atom. The first-order valence-corrected chi connectivity index (χ1v) is 8.41. The third-order valence-corrected chi connectivity index (χ3v) is 4.96. The van der Waals surface area contributed by atoms with E-state index in [1.165, 1.54) is 31.2 Å². The molecule has 1 amide bonds. The Kier molecular flexibility index (Phi) is 4.91. The summed E-state index contributed by atoms with van der Waals surface area (Å²) in [7, 11) is 0. The highest BCUT2D eigenvalue weighted by atomic mass is 16.1. The number of hydrogen-bond donors (Lipinski definition) is 1. The molecule has 1 saturated heterocycles. The molecule has 2 aliphatic rings. The van der Waals surface area contributed by atoms with Gasteiger partial charge in [-0.25, -0.2) is 0 Å². The van der Waals surface area contributed by atoms with Crippen LogP contribution in [0.4, 0.5) is 0 Å². The van der Waals surface area contributed by atoms with Gasteiger partial charge in [0, 0.05) is 12.5 Å².